The van der Waals surface area contributed by atoms with Crippen molar-refractivity contribution in [3.8, 4) is 0 Å². The highest BCUT2D eigenvalue weighted by Gasteiger charge is 2.34. The third-order valence-electron chi connectivity index (χ3n) is 6.50. The van der Waals surface area contributed by atoms with E-state index in [1.54, 1.807) is 31.2 Å². The van der Waals surface area contributed by atoms with E-state index in [0.29, 0.717) is 5.69 Å². The van der Waals surface area contributed by atoms with E-state index in [9.17, 15) is 18.0 Å². The molecule has 208 valence electrons. The smallest absolute Gasteiger partial charge is 0.264 e. The van der Waals surface area contributed by atoms with Crippen molar-refractivity contribution in [3.05, 3.63) is 95.1 Å². The van der Waals surface area contributed by atoms with E-state index >= 15 is 0 Å². The summed E-state index contributed by atoms with van der Waals surface area (Å²) in [6, 6.07) is 20.3. The quantitative estimate of drug-likeness (QED) is 0.401. The van der Waals surface area contributed by atoms with Crippen LogP contribution >= 0.6 is 0 Å². The van der Waals surface area contributed by atoms with Crippen molar-refractivity contribution < 1.29 is 18.0 Å². The van der Waals surface area contributed by atoms with Crippen LogP contribution in [0.1, 0.15) is 49.9 Å². The van der Waals surface area contributed by atoms with Crippen LogP contribution in [0.5, 0.6) is 0 Å². The average Bonchev–Trinajstić information content (AvgIpc) is 2.86. The van der Waals surface area contributed by atoms with Gasteiger partial charge in [-0.1, -0.05) is 60.2 Å². The van der Waals surface area contributed by atoms with Crippen molar-refractivity contribution in [2.75, 3.05) is 10.8 Å². The maximum atomic E-state index is 14.1. The van der Waals surface area contributed by atoms with E-state index in [1.807, 2.05) is 77.9 Å². The Morgan fingerprint density at radius 2 is 1.49 bits per heavy atom. The fraction of sp³-hybridized carbons (Fsp3) is 0.355. The molecule has 7 nitrogen and oxygen atoms in total. The molecule has 1 N–H and O–H groups in total. The first kappa shape index (κ1) is 29.9. The predicted octanol–water partition coefficient (Wildman–Crippen LogP) is 5.14. The van der Waals surface area contributed by atoms with Gasteiger partial charge in [-0.05, 0) is 83.4 Å². The average molecular weight is 550 g/mol. The molecular formula is C31H39N3O4S. The van der Waals surface area contributed by atoms with Crippen LogP contribution < -0.4 is 9.62 Å². The van der Waals surface area contributed by atoms with E-state index in [0.717, 1.165) is 26.6 Å². The molecule has 0 aliphatic carbocycles. The highest BCUT2D eigenvalue weighted by Crippen LogP contribution is 2.28. The zero-order valence-corrected chi connectivity index (χ0v) is 24.7. The highest BCUT2D eigenvalue weighted by atomic mass is 32.2. The topological polar surface area (TPSA) is 86.8 Å². The molecule has 8 heteroatoms. The van der Waals surface area contributed by atoms with E-state index < -0.39 is 34.1 Å². The number of anilines is 1. The number of carbonyl (C=O) groups excluding carboxylic acids is 2. The number of hydrogen-bond donors (Lipinski definition) is 1. The number of amides is 2. The van der Waals surface area contributed by atoms with Gasteiger partial charge in [0.2, 0.25) is 11.8 Å². The van der Waals surface area contributed by atoms with Crippen LogP contribution in [0.3, 0.4) is 0 Å². The van der Waals surface area contributed by atoms with Gasteiger partial charge in [0.05, 0.1) is 10.6 Å². The SMILES string of the molecule is Cc1ccc(N(CC(=O)N(Cc2ccccc2C)[C@H](C)C(=O)NC(C)(C)C)S(=O)(=O)c2ccccc2)c(C)c1. The first-order chi connectivity index (χ1) is 18.2. The van der Waals surface area contributed by atoms with Gasteiger partial charge in [0, 0.05) is 12.1 Å². The lowest BCUT2D eigenvalue weighted by molar-refractivity contribution is -0.140. The van der Waals surface area contributed by atoms with Crippen LogP contribution in [-0.4, -0.2) is 43.3 Å². The molecule has 0 fully saturated rings. The van der Waals surface area contributed by atoms with Gasteiger partial charge in [0.15, 0.2) is 0 Å². The Balaban J connectivity index is 2.07. The Morgan fingerprint density at radius 1 is 0.872 bits per heavy atom. The fourth-order valence-corrected chi connectivity index (χ4v) is 5.85. The molecule has 0 spiro atoms. The zero-order valence-electron chi connectivity index (χ0n) is 23.9. The summed E-state index contributed by atoms with van der Waals surface area (Å²) in [5.74, 6) is -0.789. The second-order valence-electron chi connectivity index (χ2n) is 11.0. The summed E-state index contributed by atoms with van der Waals surface area (Å²) in [6.45, 7) is 12.7. The minimum atomic E-state index is -4.09. The van der Waals surface area contributed by atoms with Crippen LogP contribution in [0.25, 0.3) is 0 Å². The lowest BCUT2D eigenvalue weighted by Crippen LogP contribution is -2.54. The van der Waals surface area contributed by atoms with E-state index in [2.05, 4.69) is 5.32 Å². The summed E-state index contributed by atoms with van der Waals surface area (Å²) in [7, 11) is -4.09. The first-order valence-corrected chi connectivity index (χ1v) is 14.5. The highest BCUT2D eigenvalue weighted by molar-refractivity contribution is 7.92. The summed E-state index contributed by atoms with van der Waals surface area (Å²) in [6.07, 6.45) is 0. The van der Waals surface area contributed by atoms with E-state index in [1.165, 1.54) is 17.0 Å². The molecule has 0 aliphatic rings. The Kier molecular flexibility index (Phi) is 9.22. The zero-order chi connectivity index (χ0) is 29.0. The molecule has 0 bridgehead atoms. The molecule has 0 aromatic heterocycles. The largest absolute Gasteiger partial charge is 0.350 e. The predicted molar refractivity (Wildman–Crippen MR) is 156 cm³/mol. The number of nitrogens with zero attached hydrogens (tertiary/aromatic N) is 2. The van der Waals surface area contributed by atoms with Crippen LogP contribution in [0.15, 0.2) is 77.7 Å². The number of hydrogen-bond acceptors (Lipinski definition) is 4. The molecule has 0 saturated carbocycles. The van der Waals surface area contributed by atoms with E-state index in [-0.39, 0.29) is 17.3 Å². The molecule has 0 aliphatic heterocycles. The molecule has 3 rings (SSSR count). The van der Waals surface area contributed by atoms with Gasteiger partial charge < -0.3 is 10.2 Å². The molecular weight excluding hydrogens is 510 g/mol. The lowest BCUT2D eigenvalue weighted by Gasteiger charge is -2.34. The number of benzene rings is 3. The van der Waals surface area contributed by atoms with Gasteiger partial charge >= 0.3 is 0 Å². The van der Waals surface area contributed by atoms with Crippen molar-refractivity contribution in [3.63, 3.8) is 0 Å². The monoisotopic (exact) mass is 549 g/mol. The maximum Gasteiger partial charge on any atom is 0.264 e. The molecule has 0 unspecified atom stereocenters. The van der Waals surface area contributed by atoms with Gasteiger partial charge in [-0.15, -0.1) is 0 Å². The number of sulfonamides is 1. The van der Waals surface area contributed by atoms with Gasteiger partial charge in [-0.2, -0.15) is 0 Å². The minimum absolute atomic E-state index is 0.0850. The van der Waals surface area contributed by atoms with Gasteiger partial charge in [-0.25, -0.2) is 8.42 Å². The Labute approximate surface area is 232 Å². The fourth-order valence-electron chi connectivity index (χ4n) is 4.35. The second kappa shape index (κ2) is 12.0. The third kappa shape index (κ3) is 7.47. The standard InChI is InChI=1S/C31H39N3O4S/c1-22-17-18-28(24(3)19-22)34(39(37,38)27-15-9-8-10-16-27)21-29(35)33(20-26-14-12-11-13-23(26)2)25(4)30(36)32-31(5,6)7/h8-19,25H,20-21H2,1-7H3,(H,32,36)/t25-/m1/s1. The van der Waals surface area contributed by atoms with Crippen molar-refractivity contribution in [2.45, 2.75) is 71.5 Å². The van der Waals surface area contributed by atoms with Crippen LogP contribution in [-0.2, 0) is 26.2 Å². The minimum Gasteiger partial charge on any atom is -0.350 e. The molecule has 2 amide bonds. The molecule has 39 heavy (non-hydrogen) atoms. The molecule has 0 heterocycles. The molecule has 3 aromatic carbocycles. The summed E-state index contributed by atoms with van der Waals surface area (Å²) in [5.41, 5.74) is 3.48. The number of aryl methyl sites for hydroxylation is 3. The Bertz CT molecular complexity index is 1430. The van der Waals surface area contributed by atoms with E-state index in [4.69, 9.17) is 0 Å². The van der Waals surface area contributed by atoms with Gasteiger partial charge in [-0.3, -0.25) is 13.9 Å². The summed E-state index contributed by atoms with van der Waals surface area (Å²) in [5, 5.41) is 2.95. The van der Waals surface area contributed by atoms with Crippen molar-refractivity contribution >= 4 is 27.5 Å². The molecule has 1 atom stereocenters. The van der Waals surface area contributed by atoms with Crippen LogP contribution in [0.4, 0.5) is 5.69 Å². The number of rotatable bonds is 9. The maximum absolute atomic E-state index is 14.1. The lowest BCUT2D eigenvalue weighted by atomic mass is 10.1. The second-order valence-corrected chi connectivity index (χ2v) is 12.8. The normalized spacial score (nSPS) is 12.5. The van der Waals surface area contributed by atoms with Crippen molar-refractivity contribution in [1.82, 2.24) is 10.2 Å². The summed E-state index contributed by atoms with van der Waals surface area (Å²) in [4.78, 5) is 28.8. The summed E-state index contributed by atoms with van der Waals surface area (Å²) >= 11 is 0. The first-order valence-electron chi connectivity index (χ1n) is 13.0. The third-order valence-corrected chi connectivity index (χ3v) is 8.27. The van der Waals surface area contributed by atoms with Crippen LogP contribution in [0.2, 0.25) is 0 Å². The number of carbonyl (C=O) groups is 2. The van der Waals surface area contributed by atoms with Crippen molar-refractivity contribution in [2.24, 2.45) is 0 Å². The van der Waals surface area contributed by atoms with Crippen LogP contribution in [0, 0.1) is 20.8 Å². The molecule has 0 saturated heterocycles. The van der Waals surface area contributed by atoms with Gasteiger partial charge in [0.25, 0.3) is 10.0 Å². The van der Waals surface area contributed by atoms with Crippen molar-refractivity contribution in [1.29, 1.82) is 0 Å². The number of nitrogens with one attached hydrogen (secondary N) is 1. The van der Waals surface area contributed by atoms with Gasteiger partial charge in [0.1, 0.15) is 12.6 Å². The Hall–Kier alpha value is -3.65. The molecule has 3 aromatic rings. The summed E-state index contributed by atoms with van der Waals surface area (Å²) < 4.78 is 29.0. The molecule has 0 radical (unpaired) electrons. The Morgan fingerprint density at radius 3 is 2.08 bits per heavy atom.